The molecule has 1 aromatic carbocycles. The molecular formula is C20H19N7O. The van der Waals surface area contributed by atoms with Gasteiger partial charge in [0.15, 0.2) is 5.82 Å². The Morgan fingerprint density at radius 2 is 1.82 bits per heavy atom. The van der Waals surface area contributed by atoms with Crippen molar-refractivity contribution in [1.29, 1.82) is 0 Å². The van der Waals surface area contributed by atoms with Crippen LogP contribution in [-0.4, -0.2) is 51.1 Å². The van der Waals surface area contributed by atoms with E-state index in [9.17, 15) is 0 Å². The van der Waals surface area contributed by atoms with Crippen molar-refractivity contribution in [2.75, 3.05) is 36.5 Å². The van der Waals surface area contributed by atoms with Gasteiger partial charge in [0, 0.05) is 30.5 Å². The number of hydrogen-bond donors (Lipinski definition) is 1. The number of nitrogens with zero attached hydrogens (tertiary/aromatic N) is 6. The molecule has 0 bridgehead atoms. The van der Waals surface area contributed by atoms with Crippen molar-refractivity contribution in [2.24, 2.45) is 0 Å². The van der Waals surface area contributed by atoms with Crippen molar-refractivity contribution in [3.63, 3.8) is 0 Å². The maximum atomic E-state index is 5.41. The summed E-state index contributed by atoms with van der Waals surface area (Å²) >= 11 is 0. The molecule has 28 heavy (non-hydrogen) atoms. The van der Waals surface area contributed by atoms with E-state index in [4.69, 9.17) is 4.74 Å². The highest BCUT2D eigenvalue weighted by atomic mass is 16.5. The largest absolute Gasteiger partial charge is 0.378 e. The van der Waals surface area contributed by atoms with Gasteiger partial charge in [-0.1, -0.05) is 18.2 Å². The van der Waals surface area contributed by atoms with Crippen LogP contribution in [0.4, 0.5) is 17.5 Å². The first-order chi connectivity index (χ1) is 13.9. The highest BCUT2D eigenvalue weighted by Crippen LogP contribution is 2.25. The van der Waals surface area contributed by atoms with Crippen LogP contribution in [0.3, 0.4) is 0 Å². The van der Waals surface area contributed by atoms with Gasteiger partial charge in [0.25, 0.3) is 0 Å². The smallest absolute Gasteiger partial charge is 0.227 e. The molecule has 5 rings (SSSR count). The van der Waals surface area contributed by atoms with E-state index in [1.165, 1.54) is 0 Å². The Labute approximate surface area is 161 Å². The number of rotatable bonds is 4. The van der Waals surface area contributed by atoms with Crippen LogP contribution < -0.4 is 10.2 Å². The van der Waals surface area contributed by atoms with Gasteiger partial charge in [0.05, 0.1) is 30.6 Å². The normalized spacial score (nSPS) is 14.4. The van der Waals surface area contributed by atoms with Crippen LogP contribution in [0.15, 0.2) is 60.9 Å². The molecule has 8 heteroatoms. The van der Waals surface area contributed by atoms with E-state index < -0.39 is 0 Å². The van der Waals surface area contributed by atoms with Gasteiger partial charge in [0.1, 0.15) is 0 Å². The summed E-state index contributed by atoms with van der Waals surface area (Å²) in [6.45, 7) is 3.13. The molecule has 0 aliphatic carbocycles. The fourth-order valence-corrected chi connectivity index (χ4v) is 3.25. The molecule has 1 N–H and O–H groups in total. The summed E-state index contributed by atoms with van der Waals surface area (Å²) in [6, 6.07) is 15.8. The molecule has 4 aromatic rings. The summed E-state index contributed by atoms with van der Waals surface area (Å²) in [4.78, 5) is 11.2. The molecule has 0 spiro atoms. The van der Waals surface area contributed by atoms with E-state index >= 15 is 0 Å². The molecule has 0 radical (unpaired) electrons. The lowest BCUT2D eigenvalue weighted by Gasteiger charge is -2.27. The Morgan fingerprint density at radius 1 is 0.964 bits per heavy atom. The van der Waals surface area contributed by atoms with Crippen LogP contribution in [0.25, 0.3) is 16.8 Å². The predicted molar refractivity (Wildman–Crippen MR) is 107 cm³/mol. The maximum absolute atomic E-state index is 5.41. The lowest BCUT2D eigenvalue weighted by Crippen LogP contribution is -2.37. The quantitative estimate of drug-likeness (QED) is 0.589. The van der Waals surface area contributed by atoms with Crippen molar-refractivity contribution in [2.45, 2.75) is 0 Å². The number of benzene rings is 1. The third-order valence-corrected chi connectivity index (χ3v) is 4.67. The third-order valence-electron chi connectivity index (χ3n) is 4.67. The van der Waals surface area contributed by atoms with E-state index in [0.717, 1.165) is 54.6 Å². The lowest BCUT2D eigenvalue weighted by molar-refractivity contribution is 0.122. The number of hydrogen-bond acceptors (Lipinski definition) is 7. The van der Waals surface area contributed by atoms with Crippen molar-refractivity contribution >= 4 is 23.0 Å². The van der Waals surface area contributed by atoms with E-state index in [2.05, 4.69) is 30.4 Å². The predicted octanol–water partition coefficient (Wildman–Crippen LogP) is 2.77. The molecule has 4 heterocycles. The van der Waals surface area contributed by atoms with Crippen LogP contribution >= 0.6 is 0 Å². The van der Waals surface area contributed by atoms with Gasteiger partial charge in [-0.3, -0.25) is 0 Å². The van der Waals surface area contributed by atoms with E-state index in [0.29, 0.717) is 5.95 Å². The van der Waals surface area contributed by atoms with Gasteiger partial charge in [0.2, 0.25) is 5.95 Å². The lowest BCUT2D eigenvalue weighted by atomic mass is 10.2. The minimum absolute atomic E-state index is 0.543. The molecule has 8 nitrogen and oxygen atoms in total. The first-order valence-electron chi connectivity index (χ1n) is 9.20. The first kappa shape index (κ1) is 16.6. The van der Waals surface area contributed by atoms with Gasteiger partial charge in [-0.25, -0.2) is 9.97 Å². The second-order valence-corrected chi connectivity index (χ2v) is 6.48. The molecule has 3 aromatic heterocycles. The number of para-hydroxylation sites is 1. The minimum Gasteiger partial charge on any atom is -0.378 e. The Balaban J connectivity index is 1.45. The summed E-state index contributed by atoms with van der Waals surface area (Å²) in [5, 5.41) is 12.3. The van der Waals surface area contributed by atoms with E-state index in [-0.39, 0.29) is 0 Å². The maximum Gasteiger partial charge on any atom is 0.227 e. The van der Waals surface area contributed by atoms with Crippen molar-refractivity contribution < 1.29 is 4.74 Å². The minimum atomic E-state index is 0.543. The van der Waals surface area contributed by atoms with Gasteiger partial charge >= 0.3 is 0 Å². The van der Waals surface area contributed by atoms with Crippen LogP contribution in [0, 0.1) is 0 Å². The summed E-state index contributed by atoms with van der Waals surface area (Å²) in [6.07, 6.45) is 3.53. The molecular weight excluding hydrogens is 354 g/mol. The Hall–Kier alpha value is -3.52. The second-order valence-electron chi connectivity index (χ2n) is 6.48. The zero-order valence-corrected chi connectivity index (χ0v) is 15.2. The highest BCUT2D eigenvalue weighted by molar-refractivity contribution is 5.78. The number of anilines is 3. The molecule has 0 unspecified atom stereocenters. The number of morpholine rings is 1. The zero-order valence-electron chi connectivity index (χ0n) is 15.2. The Morgan fingerprint density at radius 3 is 2.68 bits per heavy atom. The van der Waals surface area contributed by atoms with Crippen molar-refractivity contribution in [3.8, 4) is 11.3 Å². The van der Waals surface area contributed by atoms with Crippen molar-refractivity contribution in [1.82, 2.24) is 24.8 Å². The number of fused-ring (bicyclic) bond motifs is 1. The van der Waals surface area contributed by atoms with Crippen LogP contribution in [0.5, 0.6) is 0 Å². The number of ether oxygens (including phenoxy) is 1. The summed E-state index contributed by atoms with van der Waals surface area (Å²) in [5.41, 5.74) is 3.56. The van der Waals surface area contributed by atoms with Gasteiger partial charge < -0.3 is 15.0 Å². The molecule has 1 aliphatic rings. The molecule has 0 saturated carbocycles. The third kappa shape index (κ3) is 3.25. The van der Waals surface area contributed by atoms with E-state index in [1.54, 1.807) is 17.0 Å². The van der Waals surface area contributed by atoms with Gasteiger partial charge in [-0.15, -0.1) is 9.73 Å². The standard InChI is InChI=1S/C20H19N7O/c1-2-4-15(5-3-1)23-20-21-9-8-17(24-20)16-14-22-27-18(16)6-7-19(25-27)26-10-12-28-13-11-26/h1-9,14H,10-13H2,(H,21,23,24). The monoisotopic (exact) mass is 373 g/mol. The average molecular weight is 373 g/mol. The van der Waals surface area contributed by atoms with Crippen LogP contribution in [0.1, 0.15) is 0 Å². The molecule has 140 valence electrons. The van der Waals surface area contributed by atoms with Crippen LogP contribution in [0.2, 0.25) is 0 Å². The Kier molecular flexibility index (Phi) is 4.30. The van der Waals surface area contributed by atoms with Crippen molar-refractivity contribution in [3.05, 3.63) is 60.9 Å². The summed E-state index contributed by atoms with van der Waals surface area (Å²) < 4.78 is 7.07. The average Bonchev–Trinajstić information content (AvgIpc) is 3.19. The fourth-order valence-electron chi connectivity index (χ4n) is 3.25. The number of nitrogens with one attached hydrogen (secondary N) is 1. The molecule has 0 amide bonds. The second kappa shape index (κ2) is 7.24. The van der Waals surface area contributed by atoms with E-state index in [1.807, 2.05) is 48.5 Å². The highest BCUT2D eigenvalue weighted by Gasteiger charge is 2.15. The molecule has 0 atom stereocenters. The molecule has 1 aliphatic heterocycles. The number of aromatic nitrogens is 5. The molecule has 1 saturated heterocycles. The fraction of sp³-hybridized carbons (Fsp3) is 0.200. The van der Waals surface area contributed by atoms with Gasteiger partial charge in [-0.05, 0) is 30.3 Å². The topological polar surface area (TPSA) is 80.5 Å². The SMILES string of the molecule is c1ccc(Nc2nccc(-c3cnn4nc(N5CCOCC5)ccc34)n2)cc1. The van der Waals surface area contributed by atoms with Gasteiger partial charge in [-0.2, -0.15) is 5.10 Å². The Bertz CT molecular complexity index is 1090. The molecule has 1 fully saturated rings. The van der Waals surface area contributed by atoms with Crippen LogP contribution in [-0.2, 0) is 4.74 Å². The summed E-state index contributed by atoms with van der Waals surface area (Å²) in [7, 11) is 0. The summed E-state index contributed by atoms with van der Waals surface area (Å²) in [5.74, 6) is 1.44. The first-order valence-corrected chi connectivity index (χ1v) is 9.20. The zero-order chi connectivity index (χ0) is 18.8.